The van der Waals surface area contributed by atoms with Crippen LogP contribution >= 0.6 is 0 Å². The van der Waals surface area contributed by atoms with E-state index in [-0.39, 0.29) is 30.6 Å². The maximum atomic E-state index is 13.0. The summed E-state index contributed by atoms with van der Waals surface area (Å²) in [7, 11) is 0. The average Bonchev–Trinajstić information content (AvgIpc) is 3.09. The fourth-order valence-electron chi connectivity index (χ4n) is 4.36. The molecule has 5 amide bonds. The second-order valence-corrected chi connectivity index (χ2v) is 8.03. The van der Waals surface area contributed by atoms with Crippen molar-refractivity contribution in [3.8, 4) is 0 Å². The number of para-hydroxylation sites is 1. The first-order chi connectivity index (χ1) is 14.9. The van der Waals surface area contributed by atoms with Crippen LogP contribution in [0.1, 0.15) is 38.7 Å². The van der Waals surface area contributed by atoms with Crippen molar-refractivity contribution in [2.24, 2.45) is 0 Å². The zero-order valence-electron chi connectivity index (χ0n) is 17.8. The molecule has 2 aliphatic heterocycles. The number of likely N-dealkylation sites (N-methyl/N-ethyl adjacent to an activating group) is 1. The second-order valence-electron chi connectivity index (χ2n) is 8.03. The minimum absolute atomic E-state index is 0.0568. The van der Waals surface area contributed by atoms with Gasteiger partial charge in [0.2, 0.25) is 5.91 Å². The molecule has 8 heteroatoms. The van der Waals surface area contributed by atoms with Crippen LogP contribution in [0.4, 0.5) is 4.79 Å². The van der Waals surface area contributed by atoms with Crippen LogP contribution in [0.25, 0.3) is 17.0 Å². The number of amides is 5. The van der Waals surface area contributed by atoms with Crippen molar-refractivity contribution < 1.29 is 19.2 Å². The van der Waals surface area contributed by atoms with Crippen molar-refractivity contribution in [1.29, 1.82) is 0 Å². The summed E-state index contributed by atoms with van der Waals surface area (Å²) in [5.74, 6) is -1.28. The van der Waals surface area contributed by atoms with E-state index in [1.165, 1.54) is 6.08 Å². The molecule has 1 unspecified atom stereocenters. The van der Waals surface area contributed by atoms with Gasteiger partial charge in [0.05, 0.1) is 0 Å². The monoisotopic (exact) mass is 422 g/mol. The molecule has 0 radical (unpaired) electrons. The summed E-state index contributed by atoms with van der Waals surface area (Å²) in [5, 5.41) is 3.04. The Morgan fingerprint density at radius 1 is 1.19 bits per heavy atom. The molecule has 1 atom stereocenters. The normalized spacial score (nSPS) is 21.2. The van der Waals surface area contributed by atoms with Crippen LogP contribution < -0.4 is 5.32 Å². The number of rotatable bonds is 4. The summed E-state index contributed by atoms with van der Waals surface area (Å²) >= 11 is 0. The SMILES string of the molecule is CCN1C(=O)NC(=O)/C(=C\c2cn(CC(=O)N3CCCCC3C)c3ccccc23)C1=O. The average molecular weight is 422 g/mol. The fourth-order valence-corrected chi connectivity index (χ4v) is 4.36. The Bertz CT molecular complexity index is 1100. The summed E-state index contributed by atoms with van der Waals surface area (Å²) in [4.78, 5) is 52.7. The van der Waals surface area contributed by atoms with Gasteiger partial charge in [-0.1, -0.05) is 18.2 Å². The number of barbiturate groups is 1. The van der Waals surface area contributed by atoms with Crippen LogP contribution in [-0.4, -0.2) is 57.3 Å². The molecule has 1 aromatic carbocycles. The lowest BCUT2D eigenvalue weighted by Crippen LogP contribution is -2.53. The van der Waals surface area contributed by atoms with Gasteiger partial charge in [0, 0.05) is 41.8 Å². The molecule has 0 saturated carbocycles. The quantitative estimate of drug-likeness (QED) is 0.605. The third-order valence-corrected chi connectivity index (χ3v) is 6.05. The molecule has 4 rings (SSSR count). The third-order valence-electron chi connectivity index (χ3n) is 6.05. The first kappa shape index (κ1) is 20.8. The van der Waals surface area contributed by atoms with Crippen molar-refractivity contribution in [3.63, 3.8) is 0 Å². The number of carbonyl (C=O) groups excluding carboxylic acids is 4. The number of nitrogens with one attached hydrogen (secondary N) is 1. The van der Waals surface area contributed by atoms with Crippen LogP contribution in [0, 0.1) is 0 Å². The van der Waals surface area contributed by atoms with Crippen LogP contribution in [0.5, 0.6) is 0 Å². The molecule has 0 spiro atoms. The number of benzene rings is 1. The van der Waals surface area contributed by atoms with Crippen LogP contribution in [-0.2, 0) is 20.9 Å². The summed E-state index contributed by atoms with van der Waals surface area (Å²) in [5.41, 5.74) is 1.40. The van der Waals surface area contributed by atoms with E-state index in [2.05, 4.69) is 12.2 Å². The van der Waals surface area contributed by atoms with Gasteiger partial charge in [-0.3, -0.25) is 24.6 Å². The molecule has 3 heterocycles. The molecule has 8 nitrogen and oxygen atoms in total. The molecule has 0 bridgehead atoms. The number of carbonyl (C=O) groups is 4. The standard InChI is InChI=1S/C23H26N4O4/c1-3-26-22(30)18(21(29)24-23(26)31)12-16-13-25(19-10-5-4-9-17(16)19)14-20(28)27-11-7-6-8-15(27)2/h4-5,9-10,12-13,15H,3,6-8,11,14H2,1-2H3,(H,24,29,31)/b18-12+. The van der Waals surface area contributed by atoms with Crippen LogP contribution in [0.15, 0.2) is 36.0 Å². The lowest BCUT2D eigenvalue weighted by molar-refractivity contribution is -0.135. The molecular formula is C23H26N4O4. The molecule has 0 aliphatic carbocycles. The highest BCUT2D eigenvalue weighted by atomic mass is 16.2. The van der Waals surface area contributed by atoms with E-state index >= 15 is 0 Å². The third kappa shape index (κ3) is 3.85. The largest absolute Gasteiger partial charge is 0.338 e. The Balaban J connectivity index is 1.69. The number of nitrogens with zero attached hydrogens (tertiary/aromatic N) is 3. The summed E-state index contributed by atoms with van der Waals surface area (Å²) in [6.07, 6.45) is 6.46. The zero-order valence-corrected chi connectivity index (χ0v) is 17.8. The smallest absolute Gasteiger partial charge is 0.331 e. The molecule has 2 saturated heterocycles. The Labute approximate surface area is 180 Å². The van der Waals surface area contributed by atoms with E-state index < -0.39 is 17.8 Å². The van der Waals surface area contributed by atoms with Gasteiger partial charge < -0.3 is 9.47 Å². The van der Waals surface area contributed by atoms with E-state index in [0.29, 0.717) is 5.56 Å². The maximum Gasteiger partial charge on any atom is 0.331 e. The predicted octanol–water partition coefficient (Wildman–Crippen LogP) is 2.52. The topological polar surface area (TPSA) is 91.7 Å². The minimum Gasteiger partial charge on any atom is -0.338 e. The lowest BCUT2D eigenvalue weighted by Gasteiger charge is -2.33. The highest BCUT2D eigenvalue weighted by Gasteiger charge is 2.34. The lowest BCUT2D eigenvalue weighted by atomic mass is 10.0. The first-order valence-electron chi connectivity index (χ1n) is 10.7. The van der Waals surface area contributed by atoms with Gasteiger partial charge in [0.15, 0.2) is 0 Å². The van der Waals surface area contributed by atoms with Gasteiger partial charge >= 0.3 is 6.03 Å². The number of urea groups is 1. The molecular weight excluding hydrogens is 396 g/mol. The van der Waals surface area contributed by atoms with Gasteiger partial charge in [-0.15, -0.1) is 0 Å². The van der Waals surface area contributed by atoms with Crippen molar-refractivity contribution in [1.82, 2.24) is 19.7 Å². The van der Waals surface area contributed by atoms with E-state index in [0.717, 1.165) is 41.6 Å². The number of fused-ring (bicyclic) bond motifs is 1. The number of imide groups is 2. The molecule has 1 N–H and O–H groups in total. The second kappa shape index (κ2) is 8.37. The van der Waals surface area contributed by atoms with Crippen LogP contribution in [0.2, 0.25) is 0 Å². The summed E-state index contributed by atoms with van der Waals surface area (Å²) < 4.78 is 1.86. The number of aromatic nitrogens is 1. The Hall–Kier alpha value is -3.42. The van der Waals surface area contributed by atoms with Crippen molar-refractivity contribution in [2.75, 3.05) is 13.1 Å². The highest BCUT2D eigenvalue weighted by Crippen LogP contribution is 2.26. The summed E-state index contributed by atoms with van der Waals surface area (Å²) in [6.45, 7) is 4.87. The number of likely N-dealkylation sites (tertiary alicyclic amines) is 1. The molecule has 1 aromatic heterocycles. The predicted molar refractivity (Wildman–Crippen MR) is 116 cm³/mol. The van der Waals surface area contributed by atoms with Gasteiger partial charge in [0.1, 0.15) is 12.1 Å². The van der Waals surface area contributed by atoms with E-state index in [1.807, 2.05) is 33.7 Å². The number of hydrogen-bond donors (Lipinski definition) is 1. The number of hydrogen-bond acceptors (Lipinski definition) is 4. The minimum atomic E-state index is -0.713. The van der Waals surface area contributed by atoms with E-state index in [9.17, 15) is 19.2 Å². The Morgan fingerprint density at radius 2 is 1.97 bits per heavy atom. The van der Waals surface area contributed by atoms with Crippen molar-refractivity contribution in [2.45, 2.75) is 45.7 Å². The van der Waals surface area contributed by atoms with Gasteiger partial charge in [0.25, 0.3) is 11.8 Å². The molecule has 2 aliphatic rings. The van der Waals surface area contributed by atoms with Gasteiger partial charge in [-0.05, 0) is 45.3 Å². The molecule has 162 valence electrons. The van der Waals surface area contributed by atoms with Crippen LogP contribution in [0.3, 0.4) is 0 Å². The fraction of sp³-hybridized carbons (Fsp3) is 0.391. The maximum absolute atomic E-state index is 13.0. The molecule has 2 fully saturated rings. The van der Waals surface area contributed by atoms with Gasteiger partial charge in [-0.25, -0.2) is 4.79 Å². The summed E-state index contributed by atoms with van der Waals surface area (Å²) in [6, 6.07) is 7.08. The number of piperidine rings is 1. The zero-order chi connectivity index (χ0) is 22.1. The molecule has 2 aromatic rings. The van der Waals surface area contributed by atoms with Crippen molar-refractivity contribution >= 4 is 40.7 Å². The Kier molecular flexibility index (Phi) is 5.63. The van der Waals surface area contributed by atoms with Gasteiger partial charge in [-0.2, -0.15) is 0 Å². The van der Waals surface area contributed by atoms with Crippen molar-refractivity contribution in [3.05, 3.63) is 41.6 Å². The highest BCUT2D eigenvalue weighted by molar-refractivity contribution is 6.31. The first-order valence-corrected chi connectivity index (χ1v) is 10.7. The molecule has 31 heavy (non-hydrogen) atoms. The Morgan fingerprint density at radius 3 is 2.71 bits per heavy atom. The van der Waals surface area contributed by atoms with E-state index in [1.54, 1.807) is 13.1 Å². The van der Waals surface area contributed by atoms with E-state index in [4.69, 9.17) is 0 Å².